The van der Waals surface area contributed by atoms with Crippen LogP contribution in [0.15, 0.2) is 18.2 Å². The zero-order valence-corrected chi connectivity index (χ0v) is 11.8. The largest absolute Gasteiger partial charge is 0.312 e. The standard InChI is InChI=1S/C15H20ClFN2/c16-12-4-1-5-13(17)11(12)10-19-9-3-7-15(19)14-6-2-8-18-14/h1,4-5,14-15,18H,2-3,6-10H2. The van der Waals surface area contributed by atoms with Crippen molar-refractivity contribution in [2.75, 3.05) is 13.1 Å². The van der Waals surface area contributed by atoms with E-state index in [0.717, 1.165) is 13.1 Å². The third kappa shape index (κ3) is 2.78. The Kier molecular flexibility index (Phi) is 4.06. The van der Waals surface area contributed by atoms with Crippen LogP contribution in [0.25, 0.3) is 0 Å². The third-order valence-corrected chi connectivity index (χ3v) is 4.75. The Balaban J connectivity index is 1.74. The maximum absolute atomic E-state index is 13.9. The molecule has 2 unspecified atom stereocenters. The number of benzene rings is 1. The van der Waals surface area contributed by atoms with Gasteiger partial charge >= 0.3 is 0 Å². The van der Waals surface area contributed by atoms with E-state index in [1.807, 2.05) is 0 Å². The number of nitrogens with one attached hydrogen (secondary N) is 1. The summed E-state index contributed by atoms with van der Waals surface area (Å²) in [5.41, 5.74) is 0.647. The van der Waals surface area contributed by atoms with Crippen LogP contribution in [-0.2, 0) is 6.54 Å². The van der Waals surface area contributed by atoms with Crippen molar-refractivity contribution < 1.29 is 4.39 Å². The van der Waals surface area contributed by atoms with Gasteiger partial charge in [-0.2, -0.15) is 0 Å². The number of rotatable bonds is 3. The second-order valence-corrected chi connectivity index (χ2v) is 5.99. The van der Waals surface area contributed by atoms with Crippen LogP contribution >= 0.6 is 11.6 Å². The highest BCUT2D eigenvalue weighted by Crippen LogP contribution is 2.29. The van der Waals surface area contributed by atoms with Crippen molar-refractivity contribution in [1.82, 2.24) is 10.2 Å². The van der Waals surface area contributed by atoms with Crippen molar-refractivity contribution in [3.05, 3.63) is 34.6 Å². The van der Waals surface area contributed by atoms with E-state index >= 15 is 0 Å². The molecule has 0 saturated carbocycles. The van der Waals surface area contributed by atoms with E-state index in [4.69, 9.17) is 11.6 Å². The fourth-order valence-corrected chi connectivity index (χ4v) is 3.65. The summed E-state index contributed by atoms with van der Waals surface area (Å²) in [6, 6.07) is 6.06. The first kappa shape index (κ1) is 13.3. The summed E-state index contributed by atoms with van der Waals surface area (Å²) in [6.07, 6.45) is 4.92. The van der Waals surface area contributed by atoms with Crippen LogP contribution in [-0.4, -0.2) is 30.1 Å². The van der Waals surface area contributed by atoms with Crippen LogP contribution in [0.3, 0.4) is 0 Å². The lowest BCUT2D eigenvalue weighted by Crippen LogP contribution is -2.43. The summed E-state index contributed by atoms with van der Waals surface area (Å²) in [5, 5.41) is 4.12. The van der Waals surface area contributed by atoms with Gasteiger partial charge in [0, 0.05) is 29.2 Å². The van der Waals surface area contributed by atoms with Gasteiger partial charge in [-0.25, -0.2) is 4.39 Å². The van der Waals surface area contributed by atoms with E-state index in [2.05, 4.69) is 10.2 Å². The summed E-state index contributed by atoms with van der Waals surface area (Å²) in [5.74, 6) is -0.183. The number of hydrogen-bond acceptors (Lipinski definition) is 2. The first-order chi connectivity index (χ1) is 9.25. The molecule has 1 aromatic rings. The molecule has 2 fully saturated rings. The Bertz CT molecular complexity index is 426. The van der Waals surface area contributed by atoms with Crippen LogP contribution in [0.5, 0.6) is 0 Å². The lowest BCUT2D eigenvalue weighted by molar-refractivity contribution is 0.204. The maximum Gasteiger partial charge on any atom is 0.129 e. The second kappa shape index (κ2) is 5.78. The molecular formula is C15H20ClFN2. The zero-order valence-electron chi connectivity index (χ0n) is 11.0. The highest BCUT2D eigenvalue weighted by molar-refractivity contribution is 6.31. The summed E-state index contributed by atoms with van der Waals surface area (Å²) in [7, 11) is 0. The highest BCUT2D eigenvalue weighted by Gasteiger charge is 2.33. The van der Waals surface area contributed by atoms with Gasteiger partial charge in [-0.15, -0.1) is 0 Å². The molecule has 2 heterocycles. The zero-order chi connectivity index (χ0) is 13.2. The molecule has 0 amide bonds. The minimum absolute atomic E-state index is 0.183. The number of halogens is 2. The van der Waals surface area contributed by atoms with Crippen molar-refractivity contribution in [3.8, 4) is 0 Å². The Labute approximate surface area is 118 Å². The Hall–Kier alpha value is -0.640. The van der Waals surface area contributed by atoms with Crippen LogP contribution in [0, 0.1) is 5.82 Å². The predicted octanol–water partition coefficient (Wildman–Crippen LogP) is 3.20. The lowest BCUT2D eigenvalue weighted by atomic mass is 10.0. The Morgan fingerprint density at radius 3 is 2.95 bits per heavy atom. The van der Waals surface area contributed by atoms with Crippen LogP contribution in [0.4, 0.5) is 4.39 Å². The van der Waals surface area contributed by atoms with Crippen molar-refractivity contribution in [3.63, 3.8) is 0 Å². The number of likely N-dealkylation sites (tertiary alicyclic amines) is 1. The molecule has 2 saturated heterocycles. The van der Waals surface area contributed by atoms with Crippen molar-refractivity contribution in [2.45, 2.75) is 44.3 Å². The minimum Gasteiger partial charge on any atom is -0.312 e. The molecule has 3 rings (SSSR count). The van der Waals surface area contributed by atoms with E-state index in [-0.39, 0.29) is 5.82 Å². The van der Waals surface area contributed by atoms with Crippen LogP contribution in [0.2, 0.25) is 5.02 Å². The second-order valence-electron chi connectivity index (χ2n) is 5.58. The quantitative estimate of drug-likeness (QED) is 0.916. The molecule has 2 aliphatic rings. The van der Waals surface area contributed by atoms with Gasteiger partial charge in [-0.1, -0.05) is 17.7 Å². The summed E-state index contributed by atoms with van der Waals surface area (Å²) < 4.78 is 13.9. The monoisotopic (exact) mass is 282 g/mol. The molecule has 2 nitrogen and oxygen atoms in total. The van der Waals surface area contributed by atoms with Gasteiger partial charge in [0.2, 0.25) is 0 Å². The topological polar surface area (TPSA) is 15.3 Å². The van der Waals surface area contributed by atoms with Gasteiger partial charge in [-0.05, 0) is 50.9 Å². The van der Waals surface area contributed by atoms with E-state index in [1.54, 1.807) is 12.1 Å². The molecule has 0 radical (unpaired) electrons. The SMILES string of the molecule is Fc1cccc(Cl)c1CN1CCCC1C1CCCN1. The van der Waals surface area contributed by atoms with Gasteiger partial charge in [-0.3, -0.25) is 4.90 Å². The minimum atomic E-state index is -0.183. The van der Waals surface area contributed by atoms with Crippen LogP contribution in [0.1, 0.15) is 31.2 Å². The smallest absolute Gasteiger partial charge is 0.129 e. The van der Waals surface area contributed by atoms with Crippen molar-refractivity contribution >= 4 is 11.6 Å². The predicted molar refractivity (Wildman–Crippen MR) is 75.9 cm³/mol. The van der Waals surface area contributed by atoms with Crippen LogP contribution < -0.4 is 5.32 Å². The van der Waals surface area contributed by atoms with Gasteiger partial charge in [0.25, 0.3) is 0 Å². The normalized spacial score (nSPS) is 28.1. The summed E-state index contributed by atoms with van der Waals surface area (Å²) in [6.45, 7) is 2.80. The maximum atomic E-state index is 13.9. The van der Waals surface area contributed by atoms with E-state index in [9.17, 15) is 4.39 Å². The van der Waals surface area contributed by atoms with Gasteiger partial charge in [0.15, 0.2) is 0 Å². The molecule has 1 aromatic carbocycles. The molecule has 0 aliphatic carbocycles. The fraction of sp³-hybridized carbons (Fsp3) is 0.600. The first-order valence-electron chi connectivity index (χ1n) is 7.16. The van der Waals surface area contributed by atoms with Crippen molar-refractivity contribution in [1.29, 1.82) is 0 Å². The van der Waals surface area contributed by atoms with E-state index < -0.39 is 0 Å². The Morgan fingerprint density at radius 1 is 1.32 bits per heavy atom. The van der Waals surface area contributed by atoms with Gasteiger partial charge < -0.3 is 5.32 Å². The number of nitrogens with zero attached hydrogens (tertiary/aromatic N) is 1. The van der Waals surface area contributed by atoms with Crippen molar-refractivity contribution in [2.24, 2.45) is 0 Å². The molecule has 0 aromatic heterocycles. The summed E-state index contributed by atoms with van der Waals surface area (Å²) >= 11 is 6.13. The first-order valence-corrected chi connectivity index (χ1v) is 7.54. The highest BCUT2D eigenvalue weighted by atomic mass is 35.5. The molecule has 2 aliphatic heterocycles. The number of hydrogen-bond donors (Lipinski definition) is 1. The molecule has 19 heavy (non-hydrogen) atoms. The molecule has 0 bridgehead atoms. The molecule has 1 N–H and O–H groups in total. The fourth-order valence-electron chi connectivity index (χ4n) is 3.43. The average molecular weight is 283 g/mol. The van der Waals surface area contributed by atoms with E-state index in [1.165, 1.54) is 31.7 Å². The molecule has 0 spiro atoms. The average Bonchev–Trinajstić information content (AvgIpc) is 3.04. The van der Waals surface area contributed by atoms with Gasteiger partial charge in [0.05, 0.1) is 0 Å². The van der Waals surface area contributed by atoms with E-state index in [0.29, 0.717) is 29.2 Å². The van der Waals surface area contributed by atoms with Gasteiger partial charge in [0.1, 0.15) is 5.82 Å². The lowest BCUT2D eigenvalue weighted by Gasteiger charge is -2.29. The third-order valence-electron chi connectivity index (χ3n) is 4.40. The Morgan fingerprint density at radius 2 is 2.21 bits per heavy atom. The molecule has 2 atom stereocenters. The molecular weight excluding hydrogens is 263 g/mol. The molecule has 4 heteroatoms. The molecule has 104 valence electrons. The summed E-state index contributed by atoms with van der Waals surface area (Å²) in [4.78, 5) is 2.40.